The van der Waals surface area contributed by atoms with Gasteiger partial charge in [-0.1, -0.05) is 12.1 Å². The number of anilines is 1. The van der Waals surface area contributed by atoms with Gasteiger partial charge in [-0.15, -0.1) is 0 Å². The second-order valence-corrected chi connectivity index (χ2v) is 6.06. The van der Waals surface area contributed by atoms with Crippen molar-refractivity contribution in [2.45, 2.75) is 13.5 Å². The van der Waals surface area contributed by atoms with Crippen molar-refractivity contribution in [1.29, 1.82) is 0 Å². The van der Waals surface area contributed by atoms with Crippen molar-refractivity contribution in [3.05, 3.63) is 53.5 Å². The lowest BCUT2D eigenvalue weighted by Gasteiger charge is -2.13. The third-order valence-electron chi connectivity index (χ3n) is 4.68. The maximum atomic E-state index is 12.9. The van der Waals surface area contributed by atoms with Gasteiger partial charge >= 0.3 is 0 Å². The first kappa shape index (κ1) is 16.1. The average molecular weight is 350 g/mol. The Balaban J connectivity index is 1.78. The third-order valence-corrected chi connectivity index (χ3v) is 4.68. The molecule has 1 aliphatic rings. The summed E-state index contributed by atoms with van der Waals surface area (Å²) in [4.78, 5) is 19.0. The van der Waals surface area contributed by atoms with Crippen LogP contribution in [0.3, 0.4) is 0 Å². The number of aromatic nitrogens is 3. The Kier molecular flexibility index (Phi) is 3.84. The number of amides is 1. The lowest BCUT2D eigenvalue weighted by atomic mass is 9.94. The van der Waals surface area contributed by atoms with E-state index in [-0.39, 0.29) is 5.91 Å². The first-order valence-electron chi connectivity index (χ1n) is 8.15. The van der Waals surface area contributed by atoms with Crippen molar-refractivity contribution in [3.8, 4) is 22.8 Å². The molecule has 26 heavy (non-hydrogen) atoms. The number of hydrogen-bond acceptors (Lipinski definition) is 5. The van der Waals surface area contributed by atoms with Gasteiger partial charge in [0.1, 0.15) is 0 Å². The normalized spacial score (nSPS) is 13.0. The fourth-order valence-electron chi connectivity index (χ4n) is 3.37. The van der Waals surface area contributed by atoms with Gasteiger partial charge in [0.2, 0.25) is 0 Å². The van der Waals surface area contributed by atoms with Crippen molar-refractivity contribution < 1.29 is 14.3 Å². The van der Waals surface area contributed by atoms with Crippen LogP contribution in [0.4, 0.5) is 5.69 Å². The third kappa shape index (κ3) is 2.40. The van der Waals surface area contributed by atoms with Crippen LogP contribution in [-0.4, -0.2) is 35.3 Å². The van der Waals surface area contributed by atoms with Gasteiger partial charge in [-0.25, -0.2) is 4.98 Å². The molecule has 0 aliphatic carbocycles. The Morgan fingerprint density at radius 3 is 2.73 bits per heavy atom. The predicted molar refractivity (Wildman–Crippen MR) is 96.6 cm³/mol. The summed E-state index contributed by atoms with van der Waals surface area (Å²) < 4.78 is 10.5. The van der Waals surface area contributed by atoms with Crippen molar-refractivity contribution in [1.82, 2.24) is 15.2 Å². The highest BCUT2D eigenvalue weighted by Crippen LogP contribution is 2.37. The summed E-state index contributed by atoms with van der Waals surface area (Å²) in [6.45, 7) is 2.50. The standard InChI is InChI=1S/C19H18N4O3/c1-11-15(13-6-16(25-2)18(26-3)20-7-13)5-4-12-10-23(19(24)17(11)12)14-8-21-22-9-14/h4-9H,10H2,1-3H3,(H,21,22). The van der Waals surface area contributed by atoms with E-state index in [9.17, 15) is 4.79 Å². The molecule has 0 saturated heterocycles. The minimum atomic E-state index is -0.0193. The number of pyridine rings is 1. The van der Waals surface area contributed by atoms with Gasteiger partial charge in [-0.3, -0.25) is 9.89 Å². The highest BCUT2D eigenvalue weighted by molar-refractivity contribution is 6.11. The van der Waals surface area contributed by atoms with E-state index in [1.165, 1.54) is 0 Å². The lowest BCUT2D eigenvalue weighted by molar-refractivity contribution is 0.0996. The van der Waals surface area contributed by atoms with Crippen LogP contribution in [0.1, 0.15) is 21.5 Å². The molecule has 3 aromatic rings. The van der Waals surface area contributed by atoms with E-state index in [0.717, 1.165) is 33.5 Å². The summed E-state index contributed by atoms with van der Waals surface area (Å²) in [5.74, 6) is 0.961. The smallest absolute Gasteiger partial charge is 0.259 e. The molecular formula is C19H18N4O3. The fourth-order valence-corrected chi connectivity index (χ4v) is 3.37. The largest absolute Gasteiger partial charge is 0.491 e. The maximum Gasteiger partial charge on any atom is 0.259 e. The van der Waals surface area contributed by atoms with E-state index in [1.807, 2.05) is 25.1 Å². The molecule has 0 atom stereocenters. The zero-order valence-electron chi connectivity index (χ0n) is 14.7. The molecule has 3 heterocycles. The second kappa shape index (κ2) is 6.18. The van der Waals surface area contributed by atoms with Crippen molar-refractivity contribution in [2.75, 3.05) is 19.1 Å². The van der Waals surface area contributed by atoms with Gasteiger partial charge in [-0.05, 0) is 29.7 Å². The summed E-state index contributed by atoms with van der Waals surface area (Å²) in [6, 6.07) is 5.88. The van der Waals surface area contributed by atoms with Crippen LogP contribution in [0.25, 0.3) is 11.1 Å². The summed E-state index contributed by atoms with van der Waals surface area (Å²) in [5.41, 5.74) is 5.24. The van der Waals surface area contributed by atoms with E-state index < -0.39 is 0 Å². The zero-order valence-corrected chi connectivity index (χ0v) is 14.7. The monoisotopic (exact) mass is 350 g/mol. The Labute approximate surface area is 150 Å². The predicted octanol–water partition coefficient (Wildman–Crippen LogP) is 2.96. The number of methoxy groups -OCH3 is 2. The van der Waals surface area contributed by atoms with Gasteiger partial charge < -0.3 is 14.4 Å². The van der Waals surface area contributed by atoms with Crippen molar-refractivity contribution in [2.24, 2.45) is 0 Å². The number of nitrogens with zero attached hydrogens (tertiary/aromatic N) is 3. The molecule has 0 unspecified atom stereocenters. The number of fused-ring (bicyclic) bond motifs is 1. The molecule has 132 valence electrons. The van der Waals surface area contributed by atoms with Gasteiger partial charge in [0, 0.05) is 23.5 Å². The maximum absolute atomic E-state index is 12.9. The molecule has 7 heteroatoms. The minimum Gasteiger partial charge on any atom is -0.491 e. The lowest BCUT2D eigenvalue weighted by Crippen LogP contribution is -2.22. The number of carbonyl (C=O) groups excluding carboxylic acids is 1. The van der Waals surface area contributed by atoms with Crippen LogP contribution < -0.4 is 14.4 Å². The molecule has 2 aromatic heterocycles. The van der Waals surface area contributed by atoms with Gasteiger partial charge in [0.05, 0.1) is 32.6 Å². The molecule has 0 radical (unpaired) electrons. The van der Waals surface area contributed by atoms with E-state index in [2.05, 4.69) is 15.2 Å². The molecule has 1 aliphatic heterocycles. The zero-order chi connectivity index (χ0) is 18.3. The molecule has 1 amide bonds. The number of nitrogens with one attached hydrogen (secondary N) is 1. The van der Waals surface area contributed by atoms with Crippen molar-refractivity contribution >= 4 is 11.6 Å². The summed E-state index contributed by atoms with van der Waals surface area (Å²) >= 11 is 0. The Bertz CT molecular complexity index is 983. The SMILES string of the molecule is COc1cc(-c2ccc3c(c2C)C(=O)N(c2cn[nH]c2)C3)cnc1OC. The summed E-state index contributed by atoms with van der Waals surface area (Å²) in [5, 5.41) is 6.69. The first-order chi connectivity index (χ1) is 12.6. The molecule has 0 spiro atoms. The van der Waals surface area contributed by atoms with Crippen LogP contribution in [0, 0.1) is 6.92 Å². The number of carbonyl (C=O) groups is 1. The van der Waals surface area contributed by atoms with Gasteiger partial charge in [0.25, 0.3) is 11.8 Å². The fraction of sp³-hybridized carbons (Fsp3) is 0.211. The highest BCUT2D eigenvalue weighted by Gasteiger charge is 2.31. The minimum absolute atomic E-state index is 0.0193. The van der Waals surface area contributed by atoms with Crippen LogP contribution >= 0.6 is 0 Å². The van der Waals surface area contributed by atoms with E-state index >= 15 is 0 Å². The topological polar surface area (TPSA) is 80.3 Å². The number of rotatable bonds is 4. The average Bonchev–Trinajstić information content (AvgIpc) is 3.29. The molecule has 0 fully saturated rings. The second-order valence-electron chi connectivity index (χ2n) is 6.06. The molecule has 4 rings (SSSR count). The van der Waals surface area contributed by atoms with Crippen LogP contribution in [0.15, 0.2) is 36.8 Å². The van der Waals surface area contributed by atoms with Gasteiger partial charge in [0.15, 0.2) is 5.75 Å². The molecule has 1 aromatic carbocycles. The number of ether oxygens (including phenoxy) is 2. The quantitative estimate of drug-likeness (QED) is 0.782. The Hall–Kier alpha value is -3.35. The first-order valence-corrected chi connectivity index (χ1v) is 8.15. The van der Waals surface area contributed by atoms with E-state index in [0.29, 0.717) is 18.2 Å². The van der Waals surface area contributed by atoms with Crippen LogP contribution in [-0.2, 0) is 6.54 Å². The van der Waals surface area contributed by atoms with Gasteiger partial charge in [-0.2, -0.15) is 5.10 Å². The summed E-state index contributed by atoms with van der Waals surface area (Å²) in [6.07, 6.45) is 5.10. The van der Waals surface area contributed by atoms with Crippen LogP contribution in [0.5, 0.6) is 11.6 Å². The van der Waals surface area contributed by atoms with Crippen molar-refractivity contribution in [3.63, 3.8) is 0 Å². The molecule has 7 nitrogen and oxygen atoms in total. The Morgan fingerprint density at radius 2 is 2.04 bits per heavy atom. The molecule has 1 N–H and O–H groups in total. The number of hydrogen-bond donors (Lipinski definition) is 1. The highest BCUT2D eigenvalue weighted by atomic mass is 16.5. The number of benzene rings is 1. The number of aromatic amines is 1. The number of H-pyrrole nitrogens is 1. The van der Waals surface area contributed by atoms with E-state index in [1.54, 1.807) is 37.7 Å². The molecule has 0 saturated carbocycles. The van der Waals surface area contributed by atoms with E-state index in [4.69, 9.17) is 9.47 Å². The summed E-state index contributed by atoms with van der Waals surface area (Å²) in [7, 11) is 3.12. The Morgan fingerprint density at radius 1 is 1.19 bits per heavy atom. The van der Waals surface area contributed by atoms with Crippen LogP contribution in [0.2, 0.25) is 0 Å². The molecule has 0 bridgehead atoms. The molecular weight excluding hydrogens is 332 g/mol.